The highest BCUT2D eigenvalue weighted by Crippen LogP contribution is 2.26. The van der Waals surface area contributed by atoms with Gasteiger partial charge in [-0.1, -0.05) is 35.3 Å². The van der Waals surface area contributed by atoms with Crippen molar-refractivity contribution >= 4 is 38.9 Å². The summed E-state index contributed by atoms with van der Waals surface area (Å²) in [6.45, 7) is 2.39. The van der Waals surface area contributed by atoms with Crippen LogP contribution in [-0.4, -0.2) is 8.42 Å². The molecule has 0 spiro atoms. The van der Waals surface area contributed by atoms with Gasteiger partial charge in [0.1, 0.15) is 0 Å². The fourth-order valence-corrected chi connectivity index (χ4v) is 2.69. The van der Waals surface area contributed by atoms with E-state index in [-0.39, 0.29) is 4.90 Å². The van der Waals surface area contributed by atoms with Gasteiger partial charge in [-0.15, -0.1) is 0 Å². The Labute approximate surface area is 133 Å². The lowest BCUT2D eigenvalue weighted by Crippen LogP contribution is -2.12. The first-order valence-corrected chi connectivity index (χ1v) is 8.39. The van der Waals surface area contributed by atoms with Crippen molar-refractivity contribution in [1.82, 2.24) is 0 Å². The quantitative estimate of drug-likeness (QED) is 0.890. The van der Waals surface area contributed by atoms with Crippen LogP contribution in [0.4, 0.5) is 5.69 Å². The topological polar surface area (TPSA) is 72.2 Å². The molecule has 0 unspecified atom stereocenters. The number of nitrogens with two attached hydrogens (primary N) is 1. The minimum absolute atomic E-state index is 0.0105. The molecule has 2 rings (SSSR count). The minimum Gasteiger partial charge on any atom is -0.380 e. The molecule has 0 saturated carbocycles. The molecule has 7 heteroatoms. The van der Waals surface area contributed by atoms with E-state index in [1.807, 2.05) is 25.1 Å². The third-order valence-corrected chi connectivity index (χ3v) is 4.63. The maximum absolute atomic E-state index is 11.3. The number of primary sulfonamides is 1. The molecule has 112 valence electrons. The van der Waals surface area contributed by atoms with Crippen LogP contribution in [0.1, 0.15) is 11.1 Å². The van der Waals surface area contributed by atoms with Crippen molar-refractivity contribution in [3.05, 3.63) is 57.6 Å². The molecule has 4 nitrogen and oxygen atoms in total. The van der Waals surface area contributed by atoms with Crippen molar-refractivity contribution < 1.29 is 8.42 Å². The van der Waals surface area contributed by atoms with E-state index in [0.29, 0.717) is 22.3 Å². The highest BCUT2D eigenvalue weighted by Gasteiger charge is 2.10. The summed E-state index contributed by atoms with van der Waals surface area (Å²) < 4.78 is 22.7. The second kappa shape index (κ2) is 6.23. The Kier molecular flexibility index (Phi) is 4.78. The fraction of sp³-hybridized carbons (Fsp3) is 0.143. The van der Waals surface area contributed by atoms with Crippen LogP contribution in [-0.2, 0) is 16.6 Å². The van der Waals surface area contributed by atoms with Crippen LogP contribution in [0.5, 0.6) is 0 Å². The van der Waals surface area contributed by atoms with E-state index in [1.54, 1.807) is 0 Å². The molecular weight excluding hydrogens is 331 g/mol. The summed E-state index contributed by atoms with van der Waals surface area (Å²) in [5.74, 6) is 0. The first kappa shape index (κ1) is 16.1. The Balaban J connectivity index is 2.21. The van der Waals surface area contributed by atoms with Gasteiger partial charge >= 0.3 is 0 Å². The van der Waals surface area contributed by atoms with Crippen LogP contribution in [0, 0.1) is 6.92 Å². The summed E-state index contributed by atoms with van der Waals surface area (Å²) in [4.78, 5) is 0.0105. The number of rotatable bonds is 4. The van der Waals surface area contributed by atoms with Crippen molar-refractivity contribution in [3.63, 3.8) is 0 Å². The lowest BCUT2D eigenvalue weighted by atomic mass is 10.1. The summed E-state index contributed by atoms with van der Waals surface area (Å²) >= 11 is 12.1. The van der Waals surface area contributed by atoms with E-state index >= 15 is 0 Å². The zero-order chi connectivity index (χ0) is 15.6. The van der Waals surface area contributed by atoms with Gasteiger partial charge in [0.05, 0.1) is 15.6 Å². The molecule has 0 amide bonds. The summed E-state index contributed by atoms with van der Waals surface area (Å²) in [5, 5.41) is 9.28. The molecule has 0 bridgehead atoms. The Morgan fingerprint density at radius 1 is 1.10 bits per heavy atom. The maximum Gasteiger partial charge on any atom is 0.238 e. The molecule has 0 saturated heterocycles. The van der Waals surface area contributed by atoms with Crippen molar-refractivity contribution in [1.29, 1.82) is 0 Å². The number of hydrogen-bond acceptors (Lipinski definition) is 3. The molecule has 0 heterocycles. The molecule has 3 N–H and O–H groups in total. The van der Waals surface area contributed by atoms with E-state index in [0.717, 1.165) is 11.1 Å². The van der Waals surface area contributed by atoms with E-state index in [1.165, 1.54) is 18.2 Å². The predicted octanol–water partition coefficient (Wildman–Crippen LogP) is 3.56. The average Bonchev–Trinajstić information content (AvgIpc) is 2.40. The number of sulfonamides is 1. The maximum atomic E-state index is 11.3. The molecule has 0 aromatic heterocycles. The number of aryl methyl sites for hydroxylation is 1. The third kappa shape index (κ3) is 4.11. The van der Waals surface area contributed by atoms with E-state index in [4.69, 9.17) is 28.3 Å². The fourth-order valence-electron chi connectivity index (χ4n) is 1.76. The van der Waals surface area contributed by atoms with Crippen LogP contribution in [0.2, 0.25) is 10.0 Å². The first-order chi connectivity index (χ1) is 9.77. The summed E-state index contributed by atoms with van der Waals surface area (Å²) in [5.41, 5.74) is 2.46. The van der Waals surface area contributed by atoms with Gasteiger partial charge in [0.25, 0.3) is 0 Å². The van der Waals surface area contributed by atoms with Gasteiger partial charge in [-0.25, -0.2) is 13.6 Å². The SMILES string of the molecule is Cc1ccc(CNc2cc(S(N)(=O)=O)ccc2Cl)cc1Cl. The van der Waals surface area contributed by atoms with Gasteiger partial charge in [0, 0.05) is 11.6 Å². The monoisotopic (exact) mass is 344 g/mol. The van der Waals surface area contributed by atoms with Gasteiger partial charge in [0.15, 0.2) is 0 Å². The van der Waals surface area contributed by atoms with E-state index < -0.39 is 10.0 Å². The summed E-state index contributed by atoms with van der Waals surface area (Å²) in [6, 6.07) is 9.97. The standard InChI is InChI=1S/C14H14Cl2N2O2S/c1-9-2-3-10(6-13(9)16)8-18-14-7-11(21(17,19)20)4-5-12(14)15/h2-7,18H,8H2,1H3,(H2,17,19,20). The minimum atomic E-state index is -3.76. The second-order valence-corrected chi connectivity index (χ2v) is 7.00. The van der Waals surface area contributed by atoms with Gasteiger partial charge in [-0.05, 0) is 42.3 Å². The molecule has 0 aliphatic carbocycles. The number of nitrogens with one attached hydrogen (secondary N) is 1. The van der Waals surface area contributed by atoms with E-state index in [9.17, 15) is 8.42 Å². The molecule has 2 aromatic carbocycles. The molecule has 0 fully saturated rings. The number of hydrogen-bond donors (Lipinski definition) is 2. The number of halogens is 2. The molecule has 0 atom stereocenters. The zero-order valence-corrected chi connectivity index (χ0v) is 13.6. The Morgan fingerprint density at radius 2 is 1.81 bits per heavy atom. The molecule has 21 heavy (non-hydrogen) atoms. The lowest BCUT2D eigenvalue weighted by Gasteiger charge is -2.11. The molecule has 0 aliphatic heterocycles. The van der Waals surface area contributed by atoms with Crippen LogP contribution in [0.3, 0.4) is 0 Å². The van der Waals surface area contributed by atoms with Crippen molar-refractivity contribution in [3.8, 4) is 0 Å². The largest absolute Gasteiger partial charge is 0.380 e. The third-order valence-electron chi connectivity index (χ3n) is 2.99. The number of benzene rings is 2. The Morgan fingerprint density at radius 3 is 2.43 bits per heavy atom. The predicted molar refractivity (Wildman–Crippen MR) is 86.3 cm³/mol. The van der Waals surface area contributed by atoms with Crippen LogP contribution >= 0.6 is 23.2 Å². The van der Waals surface area contributed by atoms with Crippen molar-refractivity contribution in [2.75, 3.05) is 5.32 Å². The molecule has 0 aliphatic rings. The first-order valence-electron chi connectivity index (χ1n) is 6.08. The summed E-state index contributed by atoms with van der Waals surface area (Å²) in [6.07, 6.45) is 0. The average molecular weight is 345 g/mol. The lowest BCUT2D eigenvalue weighted by molar-refractivity contribution is 0.598. The van der Waals surface area contributed by atoms with Crippen LogP contribution in [0.25, 0.3) is 0 Å². The molecular formula is C14H14Cl2N2O2S. The molecule has 0 radical (unpaired) electrons. The summed E-state index contributed by atoms with van der Waals surface area (Å²) in [7, 11) is -3.76. The van der Waals surface area contributed by atoms with Crippen LogP contribution < -0.4 is 10.5 Å². The highest BCUT2D eigenvalue weighted by molar-refractivity contribution is 7.89. The van der Waals surface area contributed by atoms with Crippen molar-refractivity contribution in [2.45, 2.75) is 18.4 Å². The zero-order valence-electron chi connectivity index (χ0n) is 11.2. The van der Waals surface area contributed by atoms with Crippen LogP contribution in [0.15, 0.2) is 41.3 Å². The molecule has 2 aromatic rings. The smallest absolute Gasteiger partial charge is 0.238 e. The van der Waals surface area contributed by atoms with E-state index in [2.05, 4.69) is 5.32 Å². The number of anilines is 1. The van der Waals surface area contributed by atoms with Gasteiger partial charge in [-0.3, -0.25) is 0 Å². The van der Waals surface area contributed by atoms with Gasteiger partial charge in [-0.2, -0.15) is 0 Å². The second-order valence-electron chi connectivity index (χ2n) is 4.62. The normalized spacial score (nSPS) is 11.4. The van der Waals surface area contributed by atoms with Gasteiger partial charge < -0.3 is 5.32 Å². The van der Waals surface area contributed by atoms with Crippen molar-refractivity contribution in [2.24, 2.45) is 5.14 Å². The highest BCUT2D eigenvalue weighted by atomic mass is 35.5. The Hall–Kier alpha value is -1.27. The Bertz CT molecular complexity index is 777. The van der Waals surface area contributed by atoms with Gasteiger partial charge in [0.2, 0.25) is 10.0 Å².